The van der Waals surface area contributed by atoms with Gasteiger partial charge in [0, 0.05) is 38.0 Å². The number of benzene rings is 2. The number of carbonyl (C=O) groups excluding carboxylic acids is 1. The zero-order chi connectivity index (χ0) is 21.0. The molecule has 1 aliphatic carbocycles. The lowest BCUT2D eigenvalue weighted by Gasteiger charge is -2.46. The maximum atomic E-state index is 12.9. The number of ketones is 1. The Hall–Kier alpha value is -2.59. The standard InChI is InChI=1S/C25H24N4O2.2ClH/c26-14-16-1-2-18-10-19(4-3-17(18)9-16)29-7-5-25(6-8-29)13-23(30)20-11-21-22(28-15-27-21)12-24(20)31-25;;/h1-2,9,11-12,15,19H,3-8,10,13H2,(H,27,28);2*1H. The summed E-state index contributed by atoms with van der Waals surface area (Å²) in [5.74, 6) is 0.857. The van der Waals surface area contributed by atoms with Gasteiger partial charge in [0.05, 0.1) is 41.0 Å². The molecular weight excluding hydrogens is 459 g/mol. The number of H-pyrrole nitrogens is 1. The van der Waals surface area contributed by atoms with Gasteiger partial charge in [-0.05, 0) is 48.6 Å². The minimum Gasteiger partial charge on any atom is -0.486 e. The molecule has 0 saturated carbocycles. The third-order valence-corrected chi connectivity index (χ3v) is 7.39. The quantitative estimate of drug-likeness (QED) is 0.544. The minimum atomic E-state index is -0.390. The predicted octanol–water partition coefficient (Wildman–Crippen LogP) is 4.64. The number of hydrogen-bond acceptors (Lipinski definition) is 5. The number of imidazole rings is 1. The molecule has 1 unspecified atom stereocenters. The Morgan fingerprint density at radius 2 is 1.97 bits per heavy atom. The number of rotatable bonds is 1. The second-order valence-electron chi connectivity index (χ2n) is 9.18. The van der Waals surface area contributed by atoms with Crippen molar-refractivity contribution in [3.63, 3.8) is 0 Å². The number of halogens is 2. The number of fused-ring (bicyclic) bond motifs is 3. The lowest BCUT2D eigenvalue weighted by molar-refractivity contribution is -0.0199. The third-order valence-electron chi connectivity index (χ3n) is 7.39. The summed E-state index contributed by atoms with van der Waals surface area (Å²) < 4.78 is 6.49. The van der Waals surface area contributed by atoms with Crippen molar-refractivity contribution >= 4 is 41.6 Å². The van der Waals surface area contributed by atoms with Crippen LogP contribution in [0.1, 0.15) is 52.7 Å². The van der Waals surface area contributed by atoms with Gasteiger partial charge < -0.3 is 9.72 Å². The van der Waals surface area contributed by atoms with Crippen LogP contribution in [0.15, 0.2) is 36.7 Å². The molecule has 3 aliphatic rings. The zero-order valence-corrected chi connectivity index (χ0v) is 19.8. The van der Waals surface area contributed by atoms with Crippen LogP contribution in [0.3, 0.4) is 0 Å². The maximum Gasteiger partial charge on any atom is 0.170 e. The van der Waals surface area contributed by atoms with Crippen LogP contribution < -0.4 is 4.74 Å². The van der Waals surface area contributed by atoms with Crippen LogP contribution in [0, 0.1) is 11.3 Å². The second kappa shape index (κ2) is 8.98. The van der Waals surface area contributed by atoms with Crippen LogP contribution in [0.2, 0.25) is 0 Å². The minimum absolute atomic E-state index is 0. The van der Waals surface area contributed by atoms with Crippen molar-refractivity contribution in [1.29, 1.82) is 5.26 Å². The molecule has 1 spiro atoms. The van der Waals surface area contributed by atoms with E-state index in [1.807, 2.05) is 24.3 Å². The van der Waals surface area contributed by atoms with Gasteiger partial charge in [-0.15, -0.1) is 24.8 Å². The fourth-order valence-electron chi connectivity index (χ4n) is 5.61. The number of carbonyl (C=O) groups is 1. The monoisotopic (exact) mass is 484 g/mol. The third kappa shape index (κ3) is 4.10. The first-order valence-corrected chi connectivity index (χ1v) is 11.1. The number of aromatic amines is 1. The van der Waals surface area contributed by atoms with E-state index in [0.29, 0.717) is 23.8 Å². The summed E-state index contributed by atoms with van der Waals surface area (Å²) in [6.07, 6.45) is 7.03. The highest BCUT2D eigenvalue weighted by molar-refractivity contribution is 6.03. The first-order valence-electron chi connectivity index (χ1n) is 11.1. The molecule has 0 amide bonds. The van der Waals surface area contributed by atoms with Crippen LogP contribution in [0.4, 0.5) is 0 Å². The summed E-state index contributed by atoms with van der Waals surface area (Å²) in [6, 6.07) is 12.7. The molecule has 1 atom stereocenters. The lowest BCUT2D eigenvalue weighted by Crippen LogP contribution is -2.54. The molecule has 2 aliphatic heterocycles. The fourth-order valence-corrected chi connectivity index (χ4v) is 5.61. The fraction of sp³-hybridized carbons (Fsp3) is 0.400. The number of Topliss-reactive ketones (excluding diaryl/α,β-unsaturated/α-hetero) is 1. The van der Waals surface area contributed by atoms with Gasteiger partial charge in [0.25, 0.3) is 0 Å². The Bertz CT molecular complexity index is 1240. The number of likely N-dealkylation sites (tertiary alicyclic amines) is 1. The average molecular weight is 485 g/mol. The van der Waals surface area contributed by atoms with E-state index in [9.17, 15) is 4.79 Å². The number of nitrogens with zero attached hydrogens (tertiary/aromatic N) is 3. The van der Waals surface area contributed by atoms with Crippen LogP contribution in [-0.2, 0) is 12.8 Å². The van der Waals surface area contributed by atoms with Crippen LogP contribution in [0.25, 0.3) is 11.0 Å². The highest BCUT2D eigenvalue weighted by atomic mass is 35.5. The number of aromatic nitrogens is 2. The van der Waals surface area contributed by atoms with Gasteiger partial charge in [-0.2, -0.15) is 5.26 Å². The van der Waals surface area contributed by atoms with E-state index in [0.717, 1.165) is 61.8 Å². The second-order valence-corrected chi connectivity index (χ2v) is 9.18. The number of ether oxygens (including phenoxy) is 1. The van der Waals surface area contributed by atoms with Crippen molar-refractivity contribution in [3.05, 3.63) is 58.9 Å². The molecule has 1 aromatic heterocycles. The van der Waals surface area contributed by atoms with Crippen molar-refractivity contribution in [2.75, 3.05) is 13.1 Å². The zero-order valence-electron chi connectivity index (χ0n) is 18.2. The number of nitriles is 1. The molecular formula is C25H26Cl2N4O2. The van der Waals surface area contributed by atoms with E-state index < -0.39 is 5.60 Å². The van der Waals surface area contributed by atoms with Crippen LogP contribution in [-0.4, -0.2) is 45.4 Å². The van der Waals surface area contributed by atoms with E-state index >= 15 is 0 Å². The summed E-state index contributed by atoms with van der Waals surface area (Å²) in [5.41, 5.74) is 5.44. The Balaban J connectivity index is 0.00000130. The number of piperidine rings is 1. The first kappa shape index (κ1) is 23.6. The van der Waals surface area contributed by atoms with Crippen molar-refractivity contribution in [2.45, 2.75) is 50.2 Å². The van der Waals surface area contributed by atoms with Gasteiger partial charge in [-0.3, -0.25) is 9.69 Å². The molecule has 6 rings (SSSR count). The Morgan fingerprint density at radius 3 is 2.76 bits per heavy atom. The topological polar surface area (TPSA) is 82.0 Å². The summed E-state index contributed by atoms with van der Waals surface area (Å²) in [6.45, 7) is 1.90. The maximum absolute atomic E-state index is 12.9. The van der Waals surface area contributed by atoms with Crippen molar-refractivity contribution < 1.29 is 9.53 Å². The van der Waals surface area contributed by atoms with E-state index in [-0.39, 0.29) is 30.6 Å². The normalized spacial score (nSPS) is 21.2. The first-order chi connectivity index (χ1) is 15.1. The molecule has 8 heteroatoms. The number of hydrogen-bond donors (Lipinski definition) is 1. The molecule has 0 bridgehead atoms. The highest BCUT2D eigenvalue weighted by Gasteiger charge is 2.44. The van der Waals surface area contributed by atoms with E-state index in [1.165, 1.54) is 11.1 Å². The molecule has 1 fully saturated rings. The van der Waals surface area contributed by atoms with Gasteiger partial charge in [-0.1, -0.05) is 6.07 Å². The Labute approximate surface area is 205 Å². The van der Waals surface area contributed by atoms with Gasteiger partial charge in [0.15, 0.2) is 5.78 Å². The Morgan fingerprint density at radius 1 is 1.15 bits per heavy atom. The highest BCUT2D eigenvalue weighted by Crippen LogP contribution is 2.41. The molecule has 6 nitrogen and oxygen atoms in total. The molecule has 2 aromatic carbocycles. The van der Waals surface area contributed by atoms with Gasteiger partial charge >= 0.3 is 0 Å². The molecule has 3 aromatic rings. The summed E-state index contributed by atoms with van der Waals surface area (Å²) in [7, 11) is 0. The lowest BCUT2D eigenvalue weighted by atomic mass is 9.80. The molecule has 1 N–H and O–H groups in total. The van der Waals surface area contributed by atoms with Gasteiger partial charge in [-0.25, -0.2) is 4.98 Å². The molecule has 0 radical (unpaired) electrons. The SMILES string of the molecule is Cl.Cl.N#Cc1ccc2c(c1)CCC(N1CCC3(CC1)CC(=O)c1cc4[nH]cnc4cc1O3)C2. The van der Waals surface area contributed by atoms with E-state index in [2.05, 4.69) is 27.0 Å². The molecule has 3 heterocycles. The summed E-state index contributed by atoms with van der Waals surface area (Å²) in [5, 5.41) is 9.14. The number of aryl methyl sites for hydroxylation is 1. The molecule has 33 heavy (non-hydrogen) atoms. The molecule has 1 saturated heterocycles. The van der Waals surface area contributed by atoms with E-state index in [4.69, 9.17) is 10.00 Å². The Kier molecular flexibility index (Phi) is 6.41. The van der Waals surface area contributed by atoms with E-state index in [1.54, 1.807) is 6.33 Å². The largest absolute Gasteiger partial charge is 0.486 e. The average Bonchev–Trinajstić information content (AvgIpc) is 3.25. The smallest absolute Gasteiger partial charge is 0.170 e. The summed E-state index contributed by atoms with van der Waals surface area (Å²) >= 11 is 0. The predicted molar refractivity (Wildman–Crippen MR) is 131 cm³/mol. The van der Waals surface area contributed by atoms with Crippen molar-refractivity contribution in [1.82, 2.24) is 14.9 Å². The van der Waals surface area contributed by atoms with Crippen molar-refractivity contribution in [2.24, 2.45) is 0 Å². The van der Waals surface area contributed by atoms with Crippen LogP contribution in [0.5, 0.6) is 5.75 Å². The van der Waals surface area contributed by atoms with Gasteiger partial charge in [0.2, 0.25) is 0 Å². The van der Waals surface area contributed by atoms with Crippen LogP contribution >= 0.6 is 24.8 Å². The summed E-state index contributed by atoms with van der Waals surface area (Å²) in [4.78, 5) is 22.9. The molecule has 172 valence electrons. The van der Waals surface area contributed by atoms with Gasteiger partial charge in [0.1, 0.15) is 11.4 Å². The number of nitrogens with one attached hydrogen (secondary N) is 1. The van der Waals surface area contributed by atoms with Crippen molar-refractivity contribution in [3.8, 4) is 11.8 Å².